The summed E-state index contributed by atoms with van der Waals surface area (Å²) in [5.41, 5.74) is 0.441. The maximum atomic E-state index is 11.7. The zero-order valence-electron chi connectivity index (χ0n) is 15.2. The number of benzene rings is 1. The smallest absolute Gasteiger partial charge is 0.407 e. The number of anilines is 1. The van der Waals surface area contributed by atoms with Crippen molar-refractivity contribution in [1.29, 1.82) is 0 Å². The minimum absolute atomic E-state index is 0.00867. The van der Waals surface area contributed by atoms with Gasteiger partial charge in [-0.2, -0.15) is 0 Å². The topological polar surface area (TPSA) is 88.7 Å². The Morgan fingerprint density at radius 2 is 1.92 bits per heavy atom. The molecule has 2 rings (SSSR count). The van der Waals surface area contributed by atoms with Crippen LogP contribution in [0, 0.1) is 0 Å². The molecule has 2 amide bonds. The lowest BCUT2D eigenvalue weighted by Crippen LogP contribution is -2.50. The van der Waals surface area contributed by atoms with Crippen molar-refractivity contribution in [3.63, 3.8) is 0 Å². The summed E-state index contributed by atoms with van der Waals surface area (Å²) in [6, 6.07) is 7.89. The van der Waals surface area contributed by atoms with E-state index in [1.165, 1.54) is 0 Å². The zero-order valence-corrected chi connectivity index (χ0v) is 15.2. The van der Waals surface area contributed by atoms with Crippen LogP contribution in [0.15, 0.2) is 24.3 Å². The zero-order chi connectivity index (χ0) is 18.4. The lowest BCUT2D eigenvalue weighted by molar-refractivity contribution is -0.122. The van der Waals surface area contributed by atoms with Gasteiger partial charge in [0.15, 0.2) is 6.61 Å². The Morgan fingerprint density at radius 3 is 2.56 bits per heavy atom. The fourth-order valence-electron chi connectivity index (χ4n) is 2.46. The van der Waals surface area contributed by atoms with E-state index in [9.17, 15) is 9.59 Å². The van der Waals surface area contributed by atoms with Gasteiger partial charge < -0.3 is 25.4 Å². The molecule has 7 heteroatoms. The summed E-state index contributed by atoms with van der Waals surface area (Å²) >= 11 is 0. The van der Waals surface area contributed by atoms with E-state index in [0.717, 1.165) is 18.5 Å². The molecule has 1 saturated carbocycles. The number of carbonyl (C=O) groups excluding carboxylic acids is 2. The molecule has 3 N–H and O–H groups in total. The molecule has 1 aromatic carbocycles. The summed E-state index contributed by atoms with van der Waals surface area (Å²) in [5.74, 6) is 0.463. The van der Waals surface area contributed by atoms with Crippen molar-refractivity contribution in [2.45, 2.75) is 51.3 Å². The number of likely N-dealkylation sites (N-methyl/N-ethyl adjacent to an activating group) is 1. The van der Waals surface area contributed by atoms with Gasteiger partial charge in [-0.1, -0.05) is 6.07 Å². The predicted molar refractivity (Wildman–Crippen MR) is 95.8 cm³/mol. The second-order valence-corrected chi connectivity index (χ2v) is 7.15. The molecule has 0 aliphatic heterocycles. The average Bonchev–Trinajstić information content (AvgIpc) is 2.49. The van der Waals surface area contributed by atoms with Gasteiger partial charge in [0, 0.05) is 30.9 Å². The fourth-order valence-corrected chi connectivity index (χ4v) is 2.46. The highest BCUT2D eigenvalue weighted by Crippen LogP contribution is 2.26. The molecule has 0 aromatic heterocycles. The minimum Gasteiger partial charge on any atom is -0.484 e. The molecule has 0 saturated heterocycles. The highest BCUT2D eigenvalue weighted by molar-refractivity contribution is 5.77. The second-order valence-electron chi connectivity index (χ2n) is 7.15. The van der Waals surface area contributed by atoms with Gasteiger partial charge in [0.2, 0.25) is 0 Å². The molecular formula is C18H27N3O4. The van der Waals surface area contributed by atoms with Gasteiger partial charge in [0.1, 0.15) is 11.4 Å². The van der Waals surface area contributed by atoms with Gasteiger partial charge in [-0.3, -0.25) is 4.79 Å². The highest BCUT2D eigenvalue weighted by atomic mass is 16.6. The normalized spacial score (nSPS) is 19.4. The SMILES string of the molecule is CNC(=O)COc1cccc(NC2CC(NC(=O)OC(C)(C)C)C2)c1. The Hall–Kier alpha value is -2.44. The van der Waals surface area contributed by atoms with Crippen molar-refractivity contribution in [3.05, 3.63) is 24.3 Å². The average molecular weight is 349 g/mol. The molecule has 25 heavy (non-hydrogen) atoms. The third-order valence-corrected chi connectivity index (χ3v) is 3.71. The van der Waals surface area contributed by atoms with Gasteiger partial charge in [-0.15, -0.1) is 0 Å². The Kier molecular flexibility index (Phi) is 6.12. The number of rotatable bonds is 6. The third-order valence-electron chi connectivity index (χ3n) is 3.71. The third kappa shape index (κ3) is 6.52. The lowest BCUT2D eigenvalue weighted by atomic mass is 9.86. The molecule has 0 bridgehead atoms. The molecule has 1 aromatic rings. The predicted octanol–water partition coefficient (Wildman–Crippen LogP) is 2.28. The van der Waals surface area contributed by atoms with E-state index in [2.05, 4.69) is 16.0 Å². The van der Waals surface area contributed by atoms with Gasteiger partial charge in [-0.05, 0) is 45.7 Å². The van der Waals surface area contributed by atoms with Crippen LogP contribution in [0.3, 0.4) is 0 Å². The Labute approximate surface area is 148 Å². The highest BCUT2D eigenvalue weighted by Gasteiger charge is 2.31. The van der Waals surface area contributed by atoms with E-state index in [-0.39, 0.29) is 30.7 Å². The first kappa shape index (κ1) is 18.9. The molecule has 0 spiro atoms. The molecule has 0 radical (unpaired) electrons. The van der Waals surface area contributed by atoms with Crippen molar-refractivity contribution >= 4 is 17.7 Å². The quantitative estimate of drug-likeness (QED) is 0.733. The molecule has 1 fully saturated rings. The van der Waals surface area contributed by atoms with Crippen LogP contribution in [0.2, 0.25) is 0 Å². The molecule has 1 aliphatic carbocycles. The Balaban J connectivity index is 1.74. The number of amides is 2. The maximum absolute atomic E-state index is 11.7. The molecule has 138 valence electrons. The van der Waals surface area contributed by atoms with Crippen molar-refractivity contribution in [2.24, 2.45) is 0 Å². The van der Waals surface area contributed by atoms with Crippen molar-refractivity contribution < 1.29 is 19.1 Å². The van der Waals surface area contributed by atoms with E-state index >= 15 is 0 Å². The molecule has 0 unspecified atom stereocenters. The Bertz CT molecular complexity index is 607. The maximum Gasteiger partial charge on any atom is 0.407 e. The number of hydrogen-bond acceptors (Lipinski definition) is 5. The molecule has 1 aliphatic rings. The van der Waals surface area contributed by atoms with Crippen LogP contribution in [0.1, 0.15) is 33.6 Å². The summed E-state index contributed by atoms with van der Waals surface area (Å²) in [4.78, 5) is 22.9. The van der Waals surface area contributed by atoms with Crippen LogP contribution in [-0.2, 0) is 9.53 Å². The molecule has 0 heterocycles. The first-order valence-electron chi connectivity index (χ1n) is 8.44. The first-order chi connectivity index (χ1) is 11.7. The number of ether oxygens (including phenoxy) is 2. The fraction of sp³-hybridized carbons (Fsp3) is 0.556. The molecule has 0 atom stereocenters. The standard InChI is InChI=1S/C18H27N3O4/c1-18(2,3)25-17(23)21-14-8-13(9-14)20-12-6-5-7-15(10-12)24-11-16(22)19-4/h5-7,10,13-14,20H,8-9,11H2,1-4H3,(H,19,22)(H,21,23). The number of alkyl carbamates (subject to hydrolysis) is 1. The van der Waals surface area contributed by atoms with Crippen LogP contribution < -0.4 is 20.7 Å². The molecule has 7 nitrogen and oxygen atoms in total. The van der Waals surface area contributed by atoms with Crippen LogP contribution in [0.25, 0.3) is 0 Å². The van der Waals surface area contributed by atoms with Crippen LogP contribution >= 0.6 is 0 Å². The van der Waals surface area contributed by atoms with Crippen LogP contribution in [0.5, 0.6) is 5.75 Å². The number of nitrogens with one attached hydrogen (secondary N) is 3. The second kappa shape index (κ2) is 8.09. The Morgan fingerprint density at radius 1 is 1.20 bits per heavy atom. The summed E-state index contributed by atoms with van der Waals surface area (Å²) in [6.45, 7) is 5.52. The minimum atomic E-state index is -0.486. The summed E-state index contributed by atoms with van der Waals surface area (Å²) in [6.07, 6.45) is 1.30. The monoisotopic (exact) mass is 349 g/mol. The van der Waals surface area contributed by atoms with Crippen molar-refractivity contribution in [3.8, 4) is 5.75 Å². The van der Waals surface area contributed by atoms with E-state index in [0.29, 0.717) is 5.75 Å². The van der Waals surface area contributed by atoms with E-state index in [1.54, 1.807) is 7.05 Å². The van der Waals surface area contributed by atoms with Crippen molar-refractivity contribution in [2.75, 3.05) is 19.0 Å². The van der Waals surface area contributed by atoms with E-state index < -0.39 is 5.60 Å². The summed E-state index contributed by atoms with van der Waals surface area (Å²) in [5, 5.41) is 8.78. The van der Waals surface area contributed by atoms with E-state index in [1.807, 2.05) is 45.0 Å². The van der Waals surface area contributed by atoms with Gasteiger partial charge in [0.05, 0.1) is 0 Å². The molecular weight excluding hydrogens is 322 g/mol. The van der Waals surface area contributed by atoms with Gasteiger partial charge >= 0.3 is 6.09 Å². The summed E-state index contributed by atoms with van der Waals surface area (Å²) < 4.78 is 10.7. The van der Waals surface area contributed by atoms with Crippen LogP contribution in [0.4, 0.5) is 10.5 Å². The van der Waals surface area contributed by atoms with Crippen LogP contribution in [-0.4, -0.2) is 43.3 Å². The number of hydrogen-bond donors (Lipinski definition) is 3. The lowest BCUT2D eigenvalue weighted by Gasteiger charge is -2.37. The van der Waals surface area contributed by atoms with E-state index in [4.69, 9.17) is 9.47 Å². The number of carbonyl (C=O) groups is 2. The van der Waals surface area contributed by atoms with Gasteiger partial charge in [-0.25, -0.2) is 4.79 Å². The van der Waals surface area contributed by atoms with Gasteiger partial charge in [0.25, 0.3) is 5.91 Å². The van der Waals surface area contributed by atoms with Crippen molar-refractivity contribution in [1.82, 2.24) is 10.6 Å². The summed E-state index contributed by atoms with van der Waals surface area (Å²) in [7, 11) is 1.57. The first-order valence-corrected chi connectivity index (χ1v) is 8.44. The largest absolute Gasteiger partial charge is 0.484 e.